The quantitative estimate of drug-likeness (QED) is 0.624. The highest BCUT2D eigenvalue weighted by atomic mass is 32.2. The second-order valence-electron chi connectivity index (χ2n) is 4.97. The summed E-state index contributed by atoms with van der Waals surface area (Å²) in [6.45, 7) is 0. The molecule has 136 valence electrons. The molecule has 10 heteroatoms. The molecule has 0 bridgehead atoms. The predicted octanol–water partition coefficient (Wildman–Crippen LogP) is 4.14. The van der Waals surface area contributed by atoms with Crippen molar-refractivity contribution < 1.29 is 39.7 Å². The molecule has 4 nitrogen and oxygen atoms in total. The van der Waals surface area contributed by atoms with Gasteiger partial charge in [-0.1, -0.05) is 42.5 Å². The van der Waals surface area contributed by atoms with Crippen LogP contribution in [-0.2, 0) is 10.1 Å². The molecule has 2 aromatic carbocycles. The average molecular weight is 382 g/mol. The molecular weight excluding hydrogens is 371 g/mol. The summed E-state index contributed by atoms with van der Waals surface area (Å²) in [4.78, 5) is 0. The van der Waals surface area contributed by atoms with Crippen LogP contribution in [0.15, 0.2) is 54.6 Å². The molecule has 2 aromatic rings. The van der Waals surface area contributed by atoms with Crippen LogP contribution in [0, 0.1) is 0 Å². The number of alkyl halides is 5. The minimum Gasteiger partial charge on any atom is -0.473 e. The minimum atomic E-state index is -6.33. The second-order valence-corrected chi connectivity index (χ2v) is 6.46. The van der Waals surface area contributed by atoms with Gasteiger partial charge in [-0.15, -0.1) is 0 Å². The molecule has 1 unspecified atom stereocenters. The van der Waals surface area contributed by atoms with Crippen molar-refractivity contribution in [2.45, 2.75) is 17.5 Å². The largest absolute Gasteiger partial charge is 0.473 e. The summed E-state index contributed by atoms with van der Waals surface area (Å²) in [6, 6.07) is 13.3. The van der Waals surface area contributed by atoms with E-state index in [2.05, 4.69) is 4.74 Å². The summed E-state index contributed by atoms with van der Waals surface area (Å²) >= 11 is 0. The fourth-order valence-corrected chi connectivity index (χ4v) is 2.41. The molecule has 0 aliphatic heterocycles. The van der Waals surface area contributed by atoms with E-state index in [1.54, 1.807) is 30.3 Å². The van der Waals surface area contributed by atoms with Gasteiger partial charge in [0.05, 0.1) is 0 Å². The third-order valence-electron chi connectivity index (χ3n) is 3.16. The number of hydrogen-bond donors (Lipinski definition) is 1. The maximum absolute atomic E-state index is 13.4. The first-order valence-electron chi connectivity index (χ1n) is 6.66. The smallest absolute Gasteiger partial charge is 0.432 e. The minimum absolute atomic E-state index is 0.582. The summed E-state index contributed by atoms with van der Waals surface area (Å²) in [5, 5.41) is -5.57. The predicted molar refractivity (Wildman–Crippen MR) is 78.8 cm³/mol. The first kappa shape index (κ1) is 19.1. The van der Waals surface area contributed by atoms with Crippen molar-refractivity contribution in [3.05, 3.63) is 54.6 Å². The molecule has 0 saturated heterocycles. The van der Waals surface area contributed by atoms with Gasteiger partial charge in [0.25, 0.3) is 6.10 Å². The van der Waals surface area contributed by atoms with Crippen LogP contribution in [0.2, 0.25) is 0 Å². The molecule has 0 aromatic heterocycles. The zero-order valence-corrected chi connectivity index (χ0v) is 13.1. The normalized spacial score (nSPS) is 14.2. The van der Waals surface area contributed by atoms with Crippen LogP contribution in [0.4, 0.5) is 22.0 Å². The van der Waals surface area contributed by atoms with Gasteiger partial charge in [-0.2, -0.15) is 30.4 Å². The van der Waals surface area contributed by atoms with E-state index in [0.717, 1.165) is 17.7 Å². The average Bonchev–Trinajstić information content (AvgIpc) is 2.51. The number of benzene rings is 2. The van der Waals surface area contributed by atoms with Gasteiger partial charge >= 0.3 is 21.5 Å². The fraction of sp³-hybridized carbons (Fsp3) is 0.200. The second kappa shape index (κ2) is 6.60. The van der Waals surface area contributed by atoms with E-state index in [1.165, 1.54) is 12.1 Å². The lowest BCUT2D eigenvalue weighted by Gasteiger charge is -2.27. The number of hydrogen-bond acceptors (Lipinski definition) is 3. The molecule has 25 heavy (non-hydrogen) atoms. The van der Waals surface area contributed by atoms with E-state index in [0.29, 0.717) is 5.56 Å². The summed E-state index contributed by atoms with van der Waals surface area (Å²) in [6.07, 6.45) is -9.80. The zero-order valence-electron chi connectivity index (χ0n) is 12.2. The first-order chi connectivity index (χ1) is 11.4. The Hall–Kier alpha value is -2.20. The summed E-state index contributed by atoms with van der Waals surface area (Å²) < 4.78 is 99.0. The van der Waals surface area contributed by atoms with Crippen molar-refractivity contribution in [1.82, 2.24) is 0 Å². The van der Waals surface area contributed by atoms with Gasteiger partial charge in [-0.05, 0) is 23.3 Å². The third kappa shape index (κ3) is 4.26. The Balaban J connectivity index is 2.31. The SMILES string of the molecule is O=S(=O)(O)C(F)(F)C(Oc1ccc(-c2ccccc2)cc1)C(F)(F)F. The fourth-order valence-electron chi connectivity index (χ4n) is 1.95. The molecule has 0 spiro atoms. The molecule has 0 saturated carbocycles. The van der Waals surface area contributed by atoms with Gasteiger partial charge in [0.2, 0.25) is 0 Å². The van der Waals surface area contributed by atoms with Gasteiger partial charge in [0.1, 0.15) is 5.75 Å². The Morgan fingerprint density at radius 3 is 1.76 bits per heavy atom. The van der Waals surface area contributed by atoms with E-state index in [-0.39, 0.29) is 0 Å². The van der Waals surface area contributed by atoms with Gasteiger partial charge in [-0.25, -0.2) is 0 Å². The van der Waals surface area contributed by atoms with Crippen molar-refractivity contribution in [3.63, 3.8) is 0 Å². The molecule has 0 aliphatic rings. The van der Waals surface area contributed by atoms with Gasteiger partial charge in [-0.3, -0.25) is 4.55 Å². The maximum Gasteiger partial charge on any atom is 0.432 e. The van der Waals surface area contributed by atoms with Crippen LogP contribution in [-0.4, -0.2) is 30.5 Å². The number of halogens is 5. The topological polar surface area (TPSA) is 63.6 Å². The number of rotatable bonds is 5. The first-order valence-corrected chi connectivity index (χ1v) is 8.10. The van der Waals surface area contributed by atoms with Crippen LogP contribution in [0.25, 0.3) is 11.1 Å². The third-order valence-corrected chi connectivity index (χ3v) is 4.06. The van der Waals surface area contributed by atoms with Crippen LogP contribution in [0.5, 0.6) is 5.75 Å². The molecule has 2 rings (SSSR count). The molecule has 0 aliphatic carbocycles. The molecule has 0 radical (unpaired) electrons. The van der Waals surface area contributed by atoms with Gasteiger partial charge < -0.3 is 4.74 Å². The molecule has 0 heterocycles. The van der Waals surface area contributed by atoms with E-state index >= 15 is 0 Å². The van der Waals surface area contributed by atoms with Crippen LogP contribution in [0.1, 0.15) is 0 Å². The molecule has 1 N–H and O–H groups in total. The lowest BCUT2D eigenvalue weighted by Crippen LogP contribution is -2.53. The Labute approximate surface area is 139 Å². The summed E-state index contributed by atoms with van der Waals surface area (Å²) in [5.41, 5.74) is 1.31. The number of ether oxygens (including phenoxy) is 1. The van der Waals surface area contributed by atoms with Crippen LogP contribution < -0.4 is 4.74 Å². The summed E-state index contributed by atoms with van der Waals surface area (Å²) in [7, 11) is -6.33. The van der Waals surface area contributed by atoms with Crippen LogP contribution >= 0.6 is 0 Å². The summed E-state index contributed by atoms with van der Waals surface area (Å²) in [5.74, 6) is -0.634. The lowest BCUT2D eigenvalue weighted by molar-refractivity contribution is -0.239. The van der Waals surface area contributed by atoms with E-state index in [4.69, 9.17) is 4.55 Å². The molecule has 0 amide bonds. The van der Waals surface area contributed by atoms with Crippen molar-refractivity contribution in [2.75, 3.05) is 0 Å². The van der Waals surface area contributed by atoms with Crippen molar-refractivity contribution >= 4 is 10.1 Å². The highest BCUT2D eigenvalue weighted by Crippen LogP contribution is 2.38. The highest BCUT2D eigenvalue weighted by Gasteiger charge is 2.65. The molecule has 1 atom stereocenters. The Morgan fingerprint density at radius 1 is 0.840 bits per heavy atom. The zero-order chi connectivity index (χ0) is 18.9. The van der Waals surface area contributed by atoms with E-state index < -0.39 is 33.4 Å². The molecular formula is C15H11F5O4S. The lowest BCUT2D eigenvalue weighted by atomic mass is 10.1. The molecule has 0 fully saturated rings. The standard InChI is InChI=1S/C15H11F5O4S/c16-14(17,18)13(15(19,20)25(21,22)23)24-12-8-6-11(7-9-12)10-4-2-1-3-5-10/h1-9,13H,(H,21,22,23). The van der Waals surface area contributed by atoms with Crippen molar-refractivity contribution in [3.8, 4) is 16.9 Å². The van der Waals surface area contributed by atoms with Gasteiger partial charge in [0.15, 0.2) is 0 Å². The van der Waals surface area contributed by atoms with Crippen LogP contribution in [0.3, 0.4) is 0 Å². The highest BCUT2D eigenvalue weighted by molar-refractivity contribution is 7.86. The Morgan fingerprint density at radius 2 is 1.32 bits per heavy atom. The van der Waals surface area contributed by atoms with E-state index in [9.17, 15) is 30.4 Å². The van der Waals surface area contributed by atoms with Gasteiger partial charge in [0, 0.05) is 0 Å². The maximum atomic E-state index is 13.4. The van der Waals surface area contributed by atoms with Crippen molar-refractivity contribution in [2.24, 2.45) is 0 Å². The Bertz CT molecular complexity index is 817. The Kier molecular flexibility index (Phi) is 5.05. The van der Waals surface area contributed by atoms with Crippen molar-refractivity contribution in [1.29, 1.82) is 0 Å². The monoisotopic (exact) mass is 382 g/mol. The van der Waals surface area contributed by atoms with E-state index in [1.807, 2.05) is 0 Å².